The maximum Gasteiger partial charge on any atom is 0.326 e. The number of benzene rings is 2. The van der Waals surface area contributed by atoms with Crippen molar-refractivity contribution >= 4 is 39.1 Å². The molecule has 4 aromatic rings. The fourth-order valence-electron chi connectivity index (χ4n) is 3.01. The van der Waals surface area contributed by atoms with E-state index in [0.717, 1.165) is 16.9 Å². The molecule has 2 heterocycles. The van der Waals surface area contributed by atoms with Crippen molar-refractivity contribution in [3.63, 3.8) is 0 Å². The smallest absolute Gasteiger partial charge is 0.326 e. The third kappa shape index (κ3) is 4.32. The standard InChI is InChI=1S/C21H16N4O6S/c1-2-30-19(26)12-24-16-9-8-14(25(28)29)10-18(16)32-21(24)22-20(27)15-11-17(31-23-15)13-6-4-3-5-7-13/h3-11H,2,12H2,1H3. The van der Waals surface area contributed by atoms with E-state index >= 15 is 0 Å². The van der Waals surface area contributed by atoms with Crippen molar-refractivity contribution in [3.05, 3.63) is 75.2 Å². The summed E-state index contributed by atoms with van der Waals surface area (Å²) in [6, 6.07) is 14.8. The molecule has 0 fully saturated rings. The summed E-state index contributed by atoms with van der Waals surface area (Å²) in [5.74, 6) is -0.780. The van der Waals surface area contributed by atoms with Gasteiger partial charge >= 0.3 is 11.9 Å². The third-order valence-corrected chi connectivity index (χ3v) is 5.50. The molecule has 0 spiro atoms. The van der Waals surface area contributed by atoms with Crippen LogP contribution >= 0.6 is 11.3 Å². The van der Waals surface area contributed by atoms with Crippen molar-refractivity contribution < 1.29 is 23.8 Å². The molecular weight excluding hydrogens is 436 g/mol. The lowest BCUT2D eigenvalue weighted by Crippen LogP contribution is -2.23. The van der Waals surface area contributed by atoms with E-state index in [2.05, 4.69) is 10.1 Å². The number of hydrogen-bond acceptors (Lipinski definition) is 8. The first-order chi connectivity index (χ1) is 15.5. The van der Waals surface area contributed by atoms with Crippen LogP contribution in [0.4, 0.5) is 5.69 Å². The molecule has 11 heteroatoms. The number of carbonyl (C=O) groups is 2. The van der Waals surface area contributed by atoms with Gasteiger partial charge in [0.1, 0.15) is 6.54 Å². The van der Waals surface area contributed by atoms with E-state index in [1.165, 1.54) is 28.8 Å². The lowest BCUT2D eigenvalue weighted by atomic mass is 10.1. The number of carbonyl (C=O) groups excluding carboxylic acids is 2. The number of nitro benzene ring substituents is 1. The quantitative estimate of drug-likeness (QED) is 0.248. The second kappa shape index (κ2) is 8.94. The number of non-ortho nitro benzene ring substituents is 1. The minimum absolute atomic E-state index is 0.00465. The second-order valence-electron chi connectivity index (χ2n) is 6.54. The van der Waals surface area contributed by atoms with E-state index in [-0.39, 0.29) is 29.3 Å². The number of nitro groups is 1. The first kappa shape index (κ1) is 21.1. The number of rotatable bonds is 6. The van der Waals surface area contributed by atoms with Crippen LogP contribution in [0.5, 0.6) is 0 Å². The monoisotopic (exact) mass is 452 g/mol. The molecule has 162 valence electrons. The van der Waals surface area contributed by atoms with Gasteiger partial charge in [0.2, 0.25) is 0 Å². The maximum absolute atomic E-state index is 12.8. The zero-order valence-corrected chi connectivity index (χ0v) is 17.6. The van der Waals surface area contributed by atoms with Gasteiger partial charge in [-0.2, -0.15) is 4.99 Å². The molecule has 0 radical (unpaired) electrons. The molecule has 0 saturated heterocycles. The van der Waals surface area contributed by atoms with Crippen molar-refractivity contribution in [3.8, 4) is 11.3 Å². The van der Waals surface area contributed by atoms with Crippen LogP contribution in [0.25, 0.3) is 21.5 Å². The molecule has 0 atom stereocenters. The van der Waals surface area contributed by atoms with Crippen molar-refractivity contribution in [2.45, 2.75) is 13.5 Å². The number of aromatic nitrogens is 2. The Kier molecular flexibility index (Phi) is 5.90. The van der Waals surface area contributed by atoms with Gasteiger partial charge in [-0.05, 0) is 13.0 Å². The maximum atomic E-state index is 12.8. The number of amides is 1. The molecule has 4 rings (SSSR count). The van der Waals surface area contributed by atoms with Crippen LogP contribution in [-0.4, -0.2) is 33.1 Å². The molecule has 10 nitrogen and oxygen atoms in total. The second-order valence-corrected chi connectivity index (χ2v) is 7.55. The highest BCUT2D eigenvalue weighted by Crippen LogP contribution is 2.24. The van der Waals surface area contributed by atoms with Gasteiger partial charge in [-0.15, -0.1) is 0 Å². The van der Waals surface area contributed by atoms with Crippen LogP contribution in [0.1, 0.15) is 17.4 Å². The highest BCUT2D eigenvalue weighted by molar-refractivity contribution is 7.16. The molecule has 0 bridgehead atoms. The fourth-order valence-corrected chi connectivity index (χ4v) is 4.07. The molecule has 2 aromatic heterocycles. The highest BCUT2D eigenvalue weighted by Gasteiger charge is 2.17. The van der Waals surface area contributed by atoms with Gasteiger partial charge < -0.3 is 13.8 Å². The first-order valence-electron chi connectivity index (χ1n) is 9.51. The Bertz CT molecular complexity index is 1390. The van der Waals surface area contributed by atoms with Gasteiger partial charge in [0.25, 0.3) is 5.69 Å². The Morgan fingerprint density at radius 2 is 2.00 bits per heavy atom. The van der Waals surface area contributed by atoms with Crippen LogP contribution in [0.3, 0.4) is 0 Å². The molecule has 0 aliphatic heterocycles. The lowest BCUT2D eigenvalue weighted by Gasteiger charge is -2.04. The Hall–Kier alpha value is -4.12. The van der Waals surface area contributed by atoms with Crippen molar-refractivity contribution in [1.29, 1.82) is 0 Å². The molecule has 2 aromatic carbocycles. The van der Waals surface area contributed by atoms with E-state index in [4.69, 9.17) is 9.26 Å². The topological polar surface area (TPSA) is 130 Å². The number of esters is 1. The average Bonchev–Trinajstić information content (AvgIpc) is 3.40. The zero-order valence-electron chi connectivity index (χ0n) is 16.8. The lowest BCUT2D eigenvalue weighted by molar-refractivity contribution is -0.384. The van der Waals surface area contributed by atoms with E-state index in [0.29, 0.717) is 16.0 Å². The van der Waals surface area contributed by atoms with E-state index in [9.17, 15) is 19.7 Å². The molecule has 0 N–H and O–H groups in total. The fraction of sp³-hybridized carbons (Fsp3) is 0.143. The van der Waals surface area contributed by atoms with Crippen LogP contribution in [-0.2, 0) is 16.1 Å². The summed E-state index contributed by atoms with van der Waals surface area (Å²) < 4.78 is 12.2. The Morgan fingerprint density at radius 3 is 2.72 bits per heavy atom. The Balaban J connectivity index is 1.76. The predicted octanol–water partition coefficient (Wildman–Crippen LogP) is 3.57. The van der Waals surface area contributed by atoms with E-state index in [1.807, 2.05) is 30.3 Å². The molecule has 0 unspecified atom stereocenters. The van der Waals surface area contributed by atoms with E-state index < -0.39 is 16.8 Å². The summed E-state index contributed by atoms with van der Waals surface area (Å²) in [7, 11) is 0. The molecule has 1 amide bonds. The number of hydrogen-bond donors (Lipinski definition) is 0. The van der Waals surface area contributed by atoms with E-state index in [1.54, 1.807) is 6.92 Å². The summed E-state index contributed by atoms with van der Waals surface area (Å²) >= 11 is 1.05. The Labute approximate surface area is 184 Å². The minimum Gasteiger partial charge on any atom is -0.465 e. The normalized spacial score (nSPS) is 11.6. The van der Waals surface area contributed by atoms with Crippen LogP contribution < -0.4 is 4.80 Å². The van der Waals surface area contributed by atoms with Crippen LogP contribution in [0.2, 0.25) is 0 Å². The van der Waals surface area contributed by atoms with Crippen LogP contribution in [0, 0.1) is 10.1 Å². The van der Waals surface area contributed by atoms with Gasteiger partial charge in [-0.25, -0.2) is 0 Å². The van der Waals surface area contributed by atoms with Crippen molar-refractivity contribution in [2.75, 3.05) is 6.61 Å². The van der Waals surface area contributed by atoms with Gasteiger partial charge in [-0.3, -0.25) is 19.7 Å². The highest BCUT2D eigenvalue weighted by atomic mass is 32.1. The largest absolute Gasteiger partial charge is 0.465 e. The molecular formula is C21H16N4O6S. The number of nitrogens with zero attached hydrogens (tertiary/aromatic N) is 4. The number of ether oxygens (including phenoxy) is 1. The van der Waals surface area contributed by atoms with Crippen molar-refractivity contribution in [2.24, 2.45) is 4.99 Å². The average molecular weight is 452 g/mol. The number of thiazole rings is 1. The minimum atomic E-state index is -0.672. The number of fused-ring (bicyclic) bond motifs is 1. The molecule has 32 heavy (non-hydrogen) atoms. The summed E-state index contributed by atoms with van der Waals surface area (Å²) in [4.78, 5) is 39.7. The predicted molar refractivity (Wildman–Crippen MR) is 115 cm³/mol. The summed E-state index contributed by atoms with van der Waals surface area (Å²) in [5.41, 5.74) is 1.16. The molecule has 0 saturated carbocycles. The summed E-state index contributed by atoms with van der Waals surface area (Å²) in [6.45, 7) is 1.67. The van der Waals surface area contributed by atoms with Crippen LogP contribution in [0.15, 0.2) is 64.1 Å². The van der Waals surface area contributed by atoms with Gasteiger partial charge in [0, 0.05) is 23.8 Å². The zero-order chi connectivity index (χ0) is 22.7. The summed E-state index contributed by atoms with van der Waals surface area (Å²) in [5, 5.41) is 14.9. The van der Waals surface area contributed by atoms with Crippen molar-refractivity contribution in [1.82, 2.24) is 9.72 Å². The molecule has 0 aliphatic carbocycles. The van der Waals surface area contributed by atoms with Gasteiger partial charge in [0.05, 0.1) is 21.7 Å². The van der Waals surface area contributed by atoms with Gasteiger partial charge in [-0.1, -0.05) is 46.8 Å². The molecule has 0 aliphatic rings. The SMILES string of the molecule is CCOC(=O)Cn1c(=NC(=O)c2cc(-c3ccccc3)on2)sc2cc([N+](=O)[O-])ccc21. The first-order valence-corrected chi connectivity index (χ1v) is 10.3. The Morgan fingerprint density at radius 1 is 1.22 bits per heavy atom. The van der Waals surface area contributed by atoms with Gasteiger partial charge in [0.15, 0.2) is 16.3 Å². The third-order valence-electron chi connectivity index (χ3n) is 4.45. The summed E-state index contributed by atoms with van der Waals surface area (Å²) in [6.07, 6.45) is 0.